The molecule has 1 aromatic carbocycles. The second-order valence-corrected chi connectivity index (χ2v) is 9.02. The minimum atomic E-state index is -0.998. The van der Waals surface area contributed by atoms with Crippen molar-refractivity contribution in [3.05, 3.63) is 23.8 Å². The van der Waals surface area contributed by atoms with Crippen LogP contribution in [-0.2, 0) is 35.1 Å². The van der Waals surface area contributed by atoms with Gasteiger partial charge in [0.05, 0.1) is 0 Å². The minimum Gasteiger partial charge on any atom is -0.461 e. The van der Waals surface area contributed by atoms with E-state index in [0.29, 0.717) is 5.56 Å². The van der Waals surface area contributed by atoms with E-state index >= 15 is 0 Å². The van der Waals surface area contributed by atoms with Crippen molar-refractivity contribution in [2.24, 2.45) is 17.6 Å². The van der Waals surface area contributed by atoms with E-state index in [-0.39, 0.29) is 61.6 Å². The van der Waals surface area contributed by atoms with Crippen LogP contribution in [0.4, 0.5) is 0 Å². The zero-order valence-electron chi connectivity index (χ0n) is 20.9. The molecule has 0 spiro atoms. The number of ether oxygens (including phenoxy) is 4. The largest absolute Gasteiger partial charge is 0.461 e. The van der Waals surface area contributed by atoms with Gasteiger partial charge in [0.2, 0.25) is 0 Å². The van der Waals surface area contributed by atoms with Gasteiger partial charge in [-0.25, -0.2) is 0 Å². The van der Waals surface area contributed by atoms with Crippen molar-refractivity contribution >= 4 is 23.9 Å². The standard InChI is InChI=1S/C25H37NO8/c1-7-22(27)32-17(6)14-31-25(30)19(26)12-18-8-9-20(33-23(28)10-15(2)3)21(13-18)34-24(29)11-16(4)5/h8-9,13,15-17,19H,7,10-12,14,26H2,1-6H3/t17-,19-/m0/s1. The van der Waals surface area contributed by atoms with E-state index in [4.69, 9.17) is 24.7 Å². The highest BCUT2D eigenvalue weighted by atomic mass is 16.6. The second-order valence-electron chi connectivity index (χ2n) is 9.02. The molecule has 0 saturated carbocycles. The Kier molecular flexibility index (Phi) is 12.3. The van der Waals surface area contributed by atoms with Crippen LogP contribution >= 0.6 is 0 Å². The predicted octanol–water partition coefficient (Wildman–Crippen LogP) is 3.34. The predicted molar refractivity (Wildman–Crippen MR) is 125 cm³/mol. The van der Waals surface area contributed by atoms with Crippen LogP contribution < -0.4 is 15.2 Å². The molecule has 1 rings (SSSR count). The number of benzene rings is 1. The first-order chi connectivity index (χ1) is 15.9. The van der Waals surface area contributed by atoms with E-state index in [2.05, 4.69) is 0 Å². The third-order valence-electron chi connectivity index (χ3n) is 4.45. The molecule has 0 aliphatic heterocycles. The van der Waals surface area contributed by atoms with Crippen LogP contribution in [0.2, 0.25) is 0 Å². The first-order valence-corrected chi connectivity index (χ1v) is 11.6. The number of rotatable bonds is 13. The van der Waals surface area contributed by atoms with E-state index < -0.39 is 30.1 Å². The van der Waals surface area contributed by atoms with Gasteiger partial charge in [-0.3, -0.25) is 19.2 Å². The maximum absolute atomic E-state index is 12.3. The summed E-state index contributed by atoms with van der Waals surface area (Å²) < 4.78 is 21.0. The van der Waals surface area contributed by atoms with Crippen molar-refractivity contribution in [2.45, 2.75) is 79.4 Å². The lowest BCUT2D eigenvalue weighted by Gasteiger charge is -2.17. The summed E-state index contributed by atoms with van der Waals surface area (Å²) in [6.45, 7) is 10.7. The van der Waals surface area contributed by atoms with Crippen LogP contribution in [0.3, 0.4) is 0 Å². The topological polar surface area (TPSA) is 131 Å². The van der Waals surface area contributed by atoms with Gasteiger partial charge in [-0.15, -0.1) is 0 Å². The Morgan fingerprint density at radius 2 is 1.41 bits per heavy atom. The molecule has 34 heavy (non-hydrogen) atoms. The molecule has 0 aromatic heterocycles. The van der Waals surface area contributed by atoms with Gasteiger partial charge in [-0.1, -0.05) is 40.7 Å². The van der Waals surface area contributed by atoms with Crippen molar-refractivity contribution < 1.29 is 38.1 Å². The van der Waals surface area contributed by atoms with Gasteiger partial charge >= 0.3 is 23.9 Å². The van der Waals surface area contributed by atoms with E-state index in [1.807, 2.05) is 27.7 Å². The van der Waals surface area contributed by atoms with Crippen molar-refractivity contribution in [3.8, 4) is 11.5 Å². The van der Waals surface area contributed by atoms with Gasteiger partial charge in [0, 0.05) is 19.3 Å². The van der Waals surface area contributed by atoms with Gasteiger partial charge in [0.25, 0.3) is 0 Å². The maximum Gasteiger partial charge on any atom is 0.323 e. The summed E-state index contributed by atoms with van der Waals surface area (Å²) in [5.74, 6) is -1.56. The zero-order valence-corrected chi connectivity index (χ0v) is 20.9. The number of carbonyl (C=O) groups excluding carboxylic acids is 4. The highest BCUT2D eigenvalue weighted by Crippen LogP contribution is 2.30. The quantitative estimate of drug-likeness (QED) is 0.334. The molecular formula is C25H37NO8. The van der Waals surface area contributed by atoms with E-state index in [1.54, 1.807) is 19.9 Å². The lowest BCUT2D eigenvalue weighted by Crippen LogP contribution is -2.36. The van der Waals surface area contributed by atoms with Crippen LogP contribution in [0, 0.1) is 11.8 Å². The Bertz CT molecular complexity index is 849. The number of hydrogen-bond acceptors (Lipinski definition) is 9. The van der Waals surface area contributed by atoms with Gasteiger partial charge in [0.1, 0.15) is 18.8 Å². The zero-order chi connectivity index (χ0) is 25.8. The first kappa shape index (κ1) is 29.1. The molecule has 0 aliphatic carbocycles. The summed E-state index contributed by atoms with van der Waals surface area (Å²) in [7, 11) is 0. The Morgan fingerprint density at radius 1 is 0.853 bits per heavy atom. The molecule has 1 aromatic rings. The molecule has 0 bridgehead atoms. The molecule has 190 valence electrons. The van der Waals surface area contributed by atoms with Crippen LogP contribution in [0.15, 0.2) is 18.2 Å². The van der Waals surface area contributed by atoms with Gasteiger partial charge < -0.3 is 24.7 Å². The highest BCUT2D eigenvalue weighted by molar-refractivity contribution is 5.77. The van der Waals surface area contributed by atoms with Crippen LogP contribution in [0.25, 0.3) is 0 Å². The summed E-state index contributed by atoms with van der Waals surface area (Å²) in [6.07, 6.45) is 0.136. The minimum absolute atomic E-state index is 0.0842. The number of esters is 4. The molecule has 0 aliphatic rings. The summed E-state index contributed by atoms with van der Waals surface area (Å²) in [4.78, 5) is 47.9. The smallest absolute Gasteiger partial charge is 0.323 e. The van der Waals surface area contributed by atoms with Gasteiger partial charge in [-0.2, -0.15) is 0 Å². The number of hydrogen-bond donors (Lipinski definition) is 1. The Balaban J connectivity index is 2.89. The molecule has 0 radical (unpaired) electrons. The van der Waals surface area contributed by atoms with Gasteiger partial charge in [0.15, 0.2) is 11.5 Å². The van der Waals surface area contributed by atoms with Crippen molar-refractivity contribution in [2.75, 3.05) is 6.61 Å². The third-order valence-corrected chi connectivity index (χ3v) is 4.45. The lowest BCUT2D eigenvalue weighted by atomic mass is 10.1. The molecule has 2 atom stereocenters. The van der Waals surface area contributed by atoms with E-state index in [9.17, 15) is 19.2 Å². The summed E-state index contributed by atoms with van der Waals surface area (Å²) >= 11 is 0. The molecule has 9 nitrogen and oxygen atoms in total. The fourth-order valence-electron chi connectivity index (χ4n) is 2.82. The number of nitrogens with two attached hydrogens (primary N) is 1. The van der Waals surface area contributed by atoms with Gasteiger partial charge in [-0.05, 0) is 42.9 Å². The van der Waals surface area contributed by atoms with Crippen LogP contribution in [0.1, 0.15) is 66.4 Å². The van der Waals surface area contributed by atoms with E-state index in [0.717, 1.165) is 0 Å². The summed E-state index contributed by atoms with van der Waals surface area (Å²) in [6, 6.07) is 3.67. The molecule has 0 heterocycles. The molecule has 0 fully saturated rings. The Morgan fingerprint density at radius 3 is 1.94 bits per heavy atom. The van der Waals surface area contributed by atoms with Crippen molar-refractivity contribution in [1.29, 1.82) is 0 Å². The third kappa shape index (κ3) is 11.3. The summed E-state index contributed by atoms with van der Waals surface area (Å²) in [5.41, 5.74) is 6.57. The van der Waals surface area contributed by atoms with Crippen molar-refractivity contribution in [1.82, 2.24) is 0 Å². The molecule has 2 N–H and O–H groups in total. The molecule has 0 amide bonds. The van der Waals surface area contributed by atoms with E-state index in [1.165, 1.54) is 12.1 Å². The first-order valence-electron chi connectivity index (χ1n) is 11.6. The SMILES string of the molecule is CCC(=O)O[C@@H](C)COC(=O)[C@@H](N)Cc1ccc(OC(=O)CC(C)C)c(OC(=O)CC(C)C)c1. The highest BCUT2D eigenvalue weighted by Gasteiger charge is 2.21. The Labute approximate surface area is 201 Å². The van der Waals surface area contributed by atoms with Crippen LogP contribution in [0.5, 0.6) is 11.5 Å². The fourth-order valence-corrected chi connectivity index (χ4v) is 2.82. The molecule has 9 heteroatoms. The molecule has 0 saturated heterocycles. The number of carbonyl (C=O) groups is 4. The molecular weight excluding hydrogens is 442 g/mol. The average Bonchev–Trinajstić information content (AvgIpc) is 2.72. The fraction of sp³-hybridized carbons (Fsp3) is 0.600. The van der Waals surface area contributed by atoms with Crippen LogP contribution in [-0.4, -0.2) is 42.6 Å². The monoisotopic (exact) mass is 479 g/mol. The average molecular weight is 480 g/mol. The summed E-state index contributed by atoms with van der Waals surface area (Å²) in [5, 5.41) is 0. The maximum atomic E-state index is 12.3. The second kappa shape index (κ2) is 14.3. The lowest BCUT2D eigenvalue weighted by molar-refractivity contribution is -0.158. The molecule has 0 unspecified atom stereocenters. The Hall–Kier alpha value is -2.94. The van der Waals surface area contributed by atoms with Crippen molar-refractivity contribution in [3.63, 3.8) is 0 Å². The normalized spacial score (nSPS) is 12.7.